The van der Waals surface area contributed by atoms with Crippen molar-refractivity contribution in [3.8, 4) is 5.75 Å². The molecule has 1 aromatic carbocycles. The van der Waals surface area contributed by atoms with Gasteiger partial charge in [-0.25, -0.2) is 0 Å². The molecule has 76 valence electrons. The van der Waals surface area contributed by atoms with Gasteiger partial charge >= 0.3 is 0 Å². The van der Waals surface area contributed by atoms with Crippen LogP contribution in [0.5, 0.6) is 5.75 Å². The Morgan fingerprint density at radius 2 is 2.36 bits per heavy atom. The molecule has 14 heavy (non-hydrogen) atoms. The number of rotatable bonds is 2. The monoisotopic (exact) mass is 194 g/mol. The fraction of sp³-hybridized carbons (Fsp3) is 0.400. The number of fused-ring (bicyclic) bond motifs is 1. The lowest BCUT2D eigenvalue weighted by molar-refractivity contribution is 0.279. The Bertz CT molecular complexity index is 328. The fourth-order valence-electron chi connectivity index (χ4n) is 1.68. The van der Waals surface area contributed by atoms with E-state index in [2.05, 4.69) is 4.90 Å². The molecule has 1 aliphatic rings. The topological polar surface area (TPSA) is 58.7 Å². The Morgan fingerprint density at radius 3 is 3.14 bits per heavy atom. The smallest absolute Gasteiger partial charge is 0.165 e. The Morgan fingerprint density at radius 1 is 1.50 bits per heavy atom. The minimum absolute atomic E-state index is 0.147. The van der Waals surface area contributed by atoms with E-state index in [4.69, 9.17) is 15.6 Å². The highest BCUT2D eigenvalue weighted by Gasteiger charge is 2.18. The Hall–Kier alpha value is -1.42. The molecule has 1 aromatic rings. The number of benzene rings is 1. The van der Waals surface area contributed by atoms with Gasteiger partial charge in [-0.1, -0.05) is 6.07 Å². The third-order valence-electron chi connectivity index (χ3n) is 2.34. The number of aliphatic hydroxyl groups excluding tert-OH is 1. The van der Waals surface area contributed by atoms with Crippen molar-refractivity contribution in [2.24, 2.45) is 0 Å². The zero-order valence-electron chi connectivity index (χ0n) is 7.94. The zero-order chi connectivity index (χ0) is 9.97. The third-order valence-corrected chi connectivity index (χ3v) is 2.34. The van der Waals surface area contributed by atoms with E-state index in [0.29, 0.717) is 18.8 Å². The van der Waals surface area contributed by atoms with Crippen LogP contribution < -0.4 is 15.4 Å². The van der Waals surface area contributed by atoms with Gasteiger partial charge in [0.1, 0.15) is 6.61 Å². The molecule has 0 spiro atoms. The lowest BCUT2D eigenvalue weighted by Crippen LogP contribution is -2.35. The van der Waals surface area contributed by atoms with Gasteiger partial charge in [-0.3, -0.25) is 0 Å². The number of β-amino-alcohol motifs (C(OH)–C–C–N with tert-alkyl or cyclic N) is 1. The first kappa shape index (κ1) is 9.15. The molecule has 0 aliphatic carbocycles. The van der Waals surface area contributed by atoms with Gasteiger partial charge in [-0.2, -0.15) is 0 Å². The second kappa shape index (κ2) is 3.75. The molecule has 0 aromatic heterocycles. The van der Waals surface area contributed by atoms with Crippen molar-refractivity contribution < 1.29 is 9.84 Å². The molecule has 4 heteroatoms. The number of ether oxygens (including phenoxy) is 1. The minimum Gasteiger partial charge on any atom is -0.487 e. The van der Waals surface area contributed by atoms with Crippen molar-refractivity contribution in [2.75, 3.05) is 36.9 Å². The van der Waals surface area contributed by atoms with E-state index < -0.39 is 0 Å². The van der Waals surface area contributed by atoms with Crippen molar-refractivity contribution in [3.63, 3.8) is 0 Å². The molecule has 0 saturated heterocycles. The van der Waals surface area contributed by atoms with E-state index in [1.807, 2.05) is 18.2 Å². The van der Waals surface area contributed by atoms with Gasteiger partial charge in [0.15, 0.2) is 5.75 Å². The first-order chi connectivity index (χ1) is 6.83. The molecular weight excluding hydrogens is 180 g/mol. The van der Waals surface area contributed by atoms with Crippen LogP contribution >= 0.6 is 0 Å². The maximum atomic E-state index is 8.90. The third kappa shape index (κ3) is 1.48. The van der Waals surface area contributed by atoms with Crippen LogP contribution in [0.1, 0.15) is 0 Å². The van der Waals surface area contributed by atoms with E-state index >= 15 is 0 Å². The molecular formula is C10H14N2O2. The molecule has 0 radical (unpaired) electrons. The van der Waals surface area contributed by atoms with E-state index in [1.165, 1.54) is 0 Å². The summed E-state index contributed by atoms with van der Waals surface area (Å²) >= 11 is 0. The zero-order valence-corrected chi connectivity index (χ0v) is 7.94. The predicted octanol–water partition coefficient (Wildman–Crippen LogP) is 0.460. The number of aliphatic hydroxyl groups is 1. The minimum atomic E-state index is 0.147. The summed E-state index contributed by atoms with van der Waals surface area (Å²) in [7, 11) is 0. The molecule has 0 bridgehead atoms. The second-order valence-electron chi connectivity index (χ2n) is 3.25. The van der Waals surface area contributed by atoms with Crippen LogP contribution in [-0.4, -0.2) is 31.4 Å². The predicted molar refractivity (Wildman–Crippen MR) is 55.6 cm³/mol. The maximum Gasteiger partial charge on any atom is 0.165 e. The summed E-state index contributed by atoms with van der Waals surface area (Å²) in [5.74, 6) is 0.743. The van der Waals surface area contributed by atoms with Gasteiger partial charge in [0, 0.05) is 6.54 Å². The average molecular weight is 194 g/mol. The lowest BCUT2D eigenvalue weighted by atomic mass is 10.2. The van der Waals surface area contributed by atoms with Crippen molar-refractivity contribution in [1.29, 1.82) is 0 Å². The first-order valence-corrected chi connectivity index (χ1v) is 4.70. The molecule has 0 fully saturated rings. The molecule has 0 saturated carbocycles. The van der Waals surface area contributed by atoms with E-state index in [0.717, 1.165) is 18.0 Å². The number of nitrogens with two attached hydrogens (primary N) is 1. The van der Waals surface area contributed by atoms with Gasteiger partial charge in [0.25, 0.3) is 0 Å². The Balaban J connectivity index is 2.34. The largest absolute Gasteiger partial charge is 0.487 e. The number of nitrogens with zero attached hydrogens (tertiary/aromatic N) is 1. The average Bonchev–Trinajstić information content (AvgIpc) is 2.20. The van der Waals surface area contributed by atoms with Crippen molar-refractivity contribution in [1.82, 2.24) is 0 Å². The fourth-order valence-corrected chi connectivity index (χ4v) is 1.68. The lowest BCUT2D eigenvalue weighted by Gasteiger charge is -2.31. The van der Waals surface area contributed by atoms with Crippen LogP contribution in [0.25, 0.3) is 0 Å². The summed E-state index contributed by atoms with van der Waals surface area (Å²) in [6.45, 7) is 2.20. The van der Waals surface area contributed by atoms with Crippen LogP contribution in [0.3, 0.4) is 0 Å². The molecule has 4 nitrogen and oxygen atoms in total. The molecule has 0 atom stereocenters. The number of hydrogen-bond acceptors (Lipinski definition) is 4. The molecule has 2 rings (SSSR count). The van der Waals surface area contributed by atoms with Crippen LogP contribution in [0.2, 0.25) is 0 Å². The molecule has 0 amide bonds. The summed E-state index contributed by atoms with van der Waals surface area (Å²) in [6.07, 6.45) is 0. The summed E-state index contributed by atoms with van der Waals surface area (Å²) < 4.78 is 5.48. The number of hydrogen-bond donors (Lipinski definition) is 2. The van der Waals surface area contributed by atoms with Gasteiger partial charge < -0.3 is 20.5 Å². The normalized spacial score (nSPS) is 14.8. The second-order valence-corrected chi connectivity index (χ2v) is 3.25. The van der Waals surface area contributed by atoms with Crippen LogP contribution in [-0.2, 0) is 0 Å². The highest BCUT2D eigenvalue weighted by atomic mass is 16.5. The van der Waals surface area contributed by atoms with Crippen molar-refractivity contribution in [3.05, 3.63) is 18.2 Å². The summed E-state index contributed by atoms with van der Waals surface area (Å²) in [5, 5.41) is 8.90. The van der Waals surface area contributed by atoms with Gasteiger partial charge in [0.2, 0.25) is 0 Å². The van der Waals surface area contributed by atoms with Crippen LogP contribution in [0.4, 0.5) is 11.4 Å². The van der Waals surface area contributed by atoms with Gasteiger partial charge in [0.05, 0.1) is 24.5 Å². The highest BCUT2D eigenvalue weighted by Crippen LogP contribution is 2.36. The molecule has 3 N–H and O–H groups in total. The van der Waals surface area contributed by atoms with E-state index in [1.54, 1.807) is 0 Å². The Kier molecular flexibility index (Phi) is 2.45. The quantitative estimate of drug-likeness (QED) is 0.671. The van der Waals surface area contributed by atoms with E-state index in [-0.39, 0.29) is 6.61 Å². The highest BCUT2D eigenvalue weighted by molar-refractivity contribution is 5.71. The number of nitrogen functional groups attached to an aromatic ring is 1. The van der Waals surface area contributed by atoms with Gasteiger partial charge in [-0.15, -0.1) is 0 Å². The molecule has 0 unspecified atom stereocenters. The standard InChI is InChI=1S/C10H14N2O2/c11-8-2-1-3-9-10(8)14-7-5-12(9)4-6-13/h1-3,13H,4-7,11H2. The maximum absolute atomic E-state index is 8.90. The van der Waals surface area contributed by atoms with Crippen molar-refractivity contribution in [2.45, 2.75) is 0 Å². The van der Waals surface area contributed by atoms with Crippen LogP contribution in [0.15, 0.2) is 18.2 Å². The SMILES string of the molecule is Nc1cccc2c1OCCN2CCO. The number of para-hydroxylation sites is 1. The Labute approximate surface area is 82.9 Å². The number of anilines is 2. The van der Waals surface area contributed by atoms with Gasteiger partial charge in [-0.05, 0) is 12.1 Å². The molecule has 1 heterocycles. The van der Waals surface area contributed by atoms with E-state index in [9.17, 15) is 0 Å². The first-order valence-electron chi connectivity index (χ1n) is 4.70. The summed E-state index contributed by atoms with van der Waals surface area (Å²) in [4.78, 5) is 2.08. The van der Waals surface area contributed by atoms with Crippen LogP contribution in [0, 0.1) is 0 Å². The summed E-state index contributed by atoms with van der Waals surface area (Å²) in [5.41, 5.74) is 7.42. The van der Waals surface area contributed by atoms with Crippen molar-refractivity contribution >= 4 is 11.4 Å². The molecule has 1 aliphatic heterocycles. The summed E-state index contributed by atoms with van der Waals surface area (Å²) in [6, 6.07) is 5.68.